The van der Waals surface area contributed by atoms with E-state index < -0.39 is 89.8 Å². The van der Waals surface area contributed by atoms with Crippen LogP contribution >= 0.6 is 15.6 Å². The normalized spacial score (nSPS) is 20.0. The van der Waals surface area contributed by atoms with Crippen LogP contribution in [0.5, 0.6) is 0 Å². The van der Waals surface area contributed by atoms with Crippen LogP contribution in [0.3, 0.4) is 0 Å². The molecule has 0 radical (unpaired) electrons. The SMILES string of the molecule is CC/C=C\CC(O)/C=C/C=C/C/C=C\C/C=C\C/C=C\CCC(=O)O[C@H](COC(=O)CCCCCCCCCCCCCCCCC)COP(=O)(O)OP(=O)(O)OC[C@H]1O[C@@H](n2ccc(N)nc2=O)[C@H](O)[C@@H]1O. The molecule has 1 aliphatic heterocycles. The number of hydrogen-bond acceptors (Lipinski definition) is 16. The van der Waals surface area contributed by atoms with Crippen molar-refractivity contribution < 1.29 is 71.4 Å². The van der Waals surface area contributed by atoms with E-state index in [9.17, 15) is 48.6 Å². The summed E-state index contributed by atoms with van der Waals surface area (Å²) >= 11 is 0. The summed E-state index contributed by atoms with van der Waals surface area (Å²) in [7, 11) is -10.9. The van der Waals surface area contributed by atoms with Crippen LogP contribution in [0.15, 0.2) is 90.0 Å². The Morgan fingerprint density at radius 2 is 1.32 bits per heavy atom. The lowest BCUT2D eigenvalue weighted by molar-refractivity contribution is -0.161. The summed E-state index contributed by atoms with van der Waals surface area (Å²) in [5.41, 5.74) is 4.58. The Bertz CT molecular complexity index is 2020. The van der Waals surface area contributed by atoms with Gasteiger partial charge in [0.2, 0.25) is 0 Å². The van der Waals surface area contributed by atoms with Crippen molar-refractivity contribution in [2.45, 2.75) is 198 Å². The van der Waals surface area contributed by atoms with Gasteiger partial charge in [-0.05, 0) is 51.0 Å². The second kappa shape index (κ2) is 39.6. The van der Waals surface area contributed by atoms with Crippen LogP contribution in [0.25, 0.3) is 0 Å². The van der Waals surface area contributed by atoms with E-state index in [4.69, 9.17) is 29.0 Å². The zero-order valence-electron chi connectivity index (χ0n) is 43.0. The van der Waals surface area contributed by atoms with Gasteiger partial charge in [0.15, 0.2) is 12.3 Å². The first-order valence-corrected chi connectivity index (χ1v) is 29.0. The minimum absolute atomic E-state index is 0.0921. The lowest BCUT2D eigenvalue weighted by Crippen LogP contribution is -2.36. The predicted molar refractivity (Wildman–Crippen MR) is 281 cm³/mol. The van der Waals surface area contributed by atoms with E-state index in [1.807, 2.05) is 67.7 Å². The zero-order valence-corrected chi connectivity index (χ0v) is 44.8. The Morgan fingerprint density at radius 3 is 1.92 bits per heavy atom. The molecule has 0 bridgehead atoms. The number of carbonyl (C=O) groups is 2. The van der Waals surface area contributed by atoms with Gasteiger partial charge in [0.25, 0.3) is 0 Å². The van der Waals surface area contributed by atoms with Crippen LogP contribution in [0.1, 0.15) is 168 Å². The van der Waals surface area contributed by atoms with Gasteiger partial charge in [0.05, 0.1) is 19.3 Å². The molecular weight excluding hydrogens is 985 g/mol. The number of nitrogens with two attached hydrogens (primary N) is 1. The quantitative estimate of drug-likeness (QED) is 0.0117. The minimum Gasteiger partial charge on any atom is -0.462 e. The Labute approximate surface area is 432 Å². The summed E-state index contributed by atoms with van der Waals surface area (Å²) in [6.07, 6.45) is 37.5. The van der Waals surface area contributed by atoms with Crippen molar-refractivity contribution >= 4 is 33.4 Å². The summed E-state index contributed by atoms with van der Waals surface area (Å²) in [5.74, 6) is -1.42. The molecule has 1 aliphatic rings. The van der Waals surface area contributed by atoms with Gasteiger partial charge in [-0.15, -0.1) is 0 Å². The highest BCUT2D eigenvalue weighted by atomic mass is 31.3. The molecular formula is C52H85N3O16P2. The summed E-state index contributed by atoms with van der Waals surface area (Å²) in [6.45, 7) is 1.88. The second-order valence-corrected chi connectivity index (χ2v) is 20.9. The minimum atomic E-state index is -5.45. The molecule has 1 aromatic rings. The van der Waals surface area contributed by atoms with Crippen molar-refractivity contribution in [3.63, 3.8) is 0 Å². The number of phosphoric acid groups is 2. The van der Waals surface area contributed by atoms with E-state index in [-0.39, 0.29) is 18.7 Å². The summed E-state index contributed by atoms with van der Waals surface area (Å²) < 4.78 is 56.7. The van der Waals surface area contributed by atoms with E-state index in [0.717, 1.165) is 55.7 Å². The highest BCUT2D eigenvalue weighted by Gasteiger charge is 2.46. The number of anilines is 1. The Morgan fingerprint density at radius 1 is 0.740 bits per heavy atom. The van der Waals surface area contributed by atoms with Crippen molar-refractivity contribution in [1.29, 1.82) is 0 Å². The van der Waals surface area contributed by atoms with Crippen LogP contribution in [0.4, 0.5) is 5.82 Å². The number of nitrogen functional groups attached to an aromatic ring is 1. The molecule has 2 heterocycles. The molecule has 0 amide bonds. The van der Waals surface area contributed by atoms with Crippen LogP contribution in [-0.4, -0.2) is 96.9 Å². The van der Waals surface area contributed by atoms with Gasteiger partial charge < -0.3 is 45.1 Å². The van der Waals surface area contributed by atoms with E-state index in [1.165, 1.54) is 70.3 Å². The molecule has 0 aromatic carbocycles. The smallest absolute Gasteiger partial charge is 0.462 e. The molecule has 0 spiro atoms. The lowest BCUT2D eigenvalue weighted by atomic mass is 10.0. The molecule has 7 N–H and O–H groups in total. The van der Waals surface area contributed by atoms with Gasteiger partial charge in [-0.2, -0.15) is 9.29 Å². The third-order valence-corrected chi connectivity index (χ3v) is 14.0. The number of nitrogens with zero attached hydrogens (tertiary/aromatic N) is 2. The fourth-order valence-corrected chi connectivity index (χ4v) is 9.47. The topological polar surface area (TPSA) is 286 Å². The molecule has 0 aliphatic carbocycles. The number of hydrogen-bond donors (Lipinski definition) is 6. The molecule has 3 unspecified atom stereocenters. The monoisotopic (exact) mass is 1070 g/mol. The molecule has 414 valence electrons. The number of aliphatic hydroxyl groups excluding tert-OH is 3. The second-order valence-electron chi connectivity index (χ2n) is 17.8. The molecule has 1 saturated heterocycles. The number of unbranched alkanes of at least 4 members (excludes halogenated alkanes) is 14. The van der Waals surface area contributed by atoms with Crippen molar-refractivity contribution in [2.75, 3.05) is 25.6 Å². The van der Waals surface area contributed by atoms with Gasteiger partial charge in [-0.3, -0.25) is 23.2 Å². The number of allylic oxidation sites excluding steroid dienone is 10. The fraction of sp³-hybridized carbons (Fsp3) is 0.654. The number of rotatable bonds is 42. The molecule has 8 atom stereocenters. The van der Waals surface area contributed by atoms with Crippen LogP contribution in [0, 0.1) is 0 Å². The van der Waals surface area contributed by atoms with Crippen LogP contribution < -0.4 is 11.4 Å². The summed E-state index contributed by atoms with van der Waals surface area (Å²) in [4.78, 5) is 61.9. The van der Waals surface area contributed by atoms with Crippen molar-refractivity contribution in [2.24, 2.45) is 0 Å². The molecule has 73 heavy (non-hydrogen) atoms. The number of esters is 2. The van der Waals surface area contributed by atoms with Crippen LogP contribution in [0.2, 0.25) is 0 Å². The first kappa shape index (κ1) is 65.3. The fourth-order valence-electron chi connectivity index (χ4n) is 7.36. The molecule has 21 heteroatoms. The van der Waals surface area contributed by atoms with E-state index in [2.05, 4.69) is 16.2 Å². The summed E-state index contributed by atoms with van der Waals surface area (Å²) in [5, 5.41) is 30.8. The van der Waals surface area contributed by atoms with Gasteiger partial charge in [-0.25, -0.2) is 13.9 Å². The van der Waals surface area contributed by atoms with Gasteiger partial charge >= 0.3 is 33.3 Å². The maximum absolute atomic E-state index is 12.9. The maximum atomic E-state index is 12.9. The number of aliphatic hydroxyl groups is 3. The predicted octanol–water partition coefficient (Wildman–Crippen LogP) is 9.86. The third-order valence-electron chi connectivity index (χ3n) is 11.4. The first-order valence-electron chi connectivity index (χ1n) is 26.1. The average molecular weight is 1070 g/mol. The molecule has 19 nitrogen and oxygen atoms in total. The van der Waals surface area contributed by atoms with E-state index in [0.29, 0.717) is 25.7 Å². The molecule has 2 rings (SSSR count). The molecule has 0 saturated carbocycles. The van der Waals surface area contributed by atoms with E-state index >= 15 is 0 Å². The number of phosphoric ester groups is 2. The molecule has 1 aromatic heterocycles. The van der Waals surface area contributed by atoms with Crippen molar-refractivity contribution in [1.82, 2.24) is 9.55 Å². The largest absolute Gasteiger partial charge is 0.481 e. The molecule has 1 fully saturated rings. The standard InChI is InChI=1S/C52H85N3O16P2/c1-3-5-7-8-9-10-11-12-13-16-19-22-25-28-32-36-47(57)66-40-44(69-48(58)37-33-29-26-23-20-17-14-15-18-21-24-27-31-35-43(56)34-30-6-4-2)41-67-72(62,63)71-73(64,65)68-42-45-49(59)50(60)51(70-45)55-39-38-46(53)54-52(55)61/h6,15,17-18,20,24,26-27,29-31,35,38-39,43-45,49-51,56,59-60H,3-5,7-14,16,19,21-23,25,28,32-34,36-37,40-42H2,1-2H3,(H,62,63)(H,64,65)(H2,53,54,61)/b18-15-,20-17-,27-24+,29-26-,30-6-,35-31+/t43?,44-,45-,49-,50-,51-/m1/s1. The highest BCUT2D eigenvalue weighted by Crippen LogP contribution is 2.60. The lowest BCUT2D eigenvalue weighted by Gasteiger charge is -2.21. The zero-order chi connectivity index (χ0) is 53.6. The highest BCUT2D eigenvalue weighted by molar-refractivity contribution is 7.61. The van der Waals surface area contributed by atoms with E-state index in [1.54, 1.807) is 12.2 Å². The third kappa shape index (κ3) is 32.3. The Hall–Kier alpha value is -3.84. The average Bonchev–Trinajstić information content (AvgIpc) is 3.62. The van der Waals surface area contributed by atoms with Gasteiger partial charge in [-0.1, -0.05) is 177 Å². The summed E-state index contributed by atoms with van der Waals surface area (Å²) in [6, 6.07) is 1.24. The van der Waals surface area contributed by atoms with Gasteiger partial charge in [0, 0.05) is 19.0 Å². The number of carbonyl (C=O) groups excluding carboxylic acids is 2. The number of ether oxygens (including phenoxy) is 3. The number of aromatic nitrogens is 2. The Kier molecular flexibility index (Phi) is 35.4. The van der Waals surface area contributed by atoms with Gasteiger partial charge in [0.1, 0.15) is 30.7 Å². The van der Waals surface area contributed by atoms with Crippen LogP contribution in [-0.2, 0) is 46.3 Å². The first-order chi connectivity index (χ1) is 35.1. The van der Waals surface area contributed by atoms with Crippen molar-refractivity contribution in [3.05, 3.63) is 95.7 Å². The van der Waals surface area contributed by atoms with Crippen molar-refractivity contribution in [3.8, 4) is 0 Å². The maximum Gasteiger partial charge on any atom is 0.481 e. The Balaban J connectivity index is 1.84.